The molecule has 0 saturated heterocycles. The molecule has 0 aliphatic heterocycles. The van der Waals surface area contributed by atoms with Crippen LogP contribution in [0.4, 0.5) is 0 Å². The Hall–Kier alpha value is -1.36. The molecule has 0 bridgehead atoms. The SMILES string of the molecule is CCN(CCC(=O)OC)CC(=O)N(CC)C1=CCCCC1. The fraction of sp³-hybridized carbons (Fsp3) is 0.750. The van der Waals surface area contributed by atoms with Crippen molar-refractivity contribution in [1.29, 1.82) is 0 Å². The van der Waals surface area contributed by atoms with E-state index in [1.54, 1.807) is 0 Å². The highest BCUT2D eigenvalue weighted by atomic mass is 16.5. The number of methoxy groups -OCH3 is 1. The monoisotopic (exact) mass is 296 g/mol. The molecule has 0 heterocycles. The topological polar surface area (TPSA) is 49.9 Å². The lowest BCUT2D eigenvalue weighted by atomic mass is 10.0. The van der Waals surface area contributed by atoms with Crippen molar-refractivity contribution in [2.45, 2.75) is 46.0 Å². The van der Waals surface area contributed by atoms with Crippen LogP contribution in [-0.4, -0.2) is 55.0 Å². The van der Waals surface area contributed by atoms with Gasteiger partial charge in [-0.1, -0.05) is 13.0 Å². The Bertz CT molecular complexity index is 380. The number of esters is 1. The van der Waals surface area contributed by atoms with Crippen molar-refractivity contribution in [3.8, 4) is 0 Å². The van der Waals surface area contributed by atoms with E-state index in [4.69, 9.17) is 0 Å². The minimum absolute atomic E-state index is 0.123. The molecule has 0 aromatic heterocycles. The smallest absolute Gasteiger partial charge is 0.306 e. The fourth-order valence-corrected chi connectivity index (χ4v) is 2.58. The molecule has 5 nitrogen and oxygen atoms in total. The largest absolute Gasteiger partial charge is 0.469 e. The van der Waals surface area contributed by atoms with Crippen LogP contribution in [0.1, 0.15) is 46.0 Å². The number of hydrogen-bond acceptors (Lipinski definition) is 4. The van der Waals surface area contributed by atoms with E-state index < -0.39 is 0 Å². The molecule has 0 fully saturated rings. The molecular formula is C16H28N2O3. The molecule has 0 N–H and O–H groups in total. The summed E-state index contributed by atoms with van der Waals surface area (Å²) in [6.07, 6.45) is 6.96. The van der Waals surface area contributed by atoms with E-state index >= 15 is 0 Å². The number of carbonyl (C=O) groups is 2. The average Bonchev–Trinajstić information content (AvgIpc) is 2.52. The minimum Gasteiger partial charge on any atom is -0.469 e. The molecule has 0 atom stereocenters. The summed E-state index contributed by atoms with van der Waals surface area (Å²) in [5.74, 6) is -0.111. The lowest BCUT2D eigenvalue weighted by Crippen LogP contribution is -2.40. The molecule has 1 aliphatic carbocycles. The summed E-state index contributed by atoms with van der Waals surface area (Å²) in [5.41, 5.74) is 1.16. The number of allylic oxidation sites excluding steroid dienone is 2. The third-order valence-corrected chi connectivity index (χ3v) is 3.90. The number of nitrogens with zero attached hydrogens (tertiary/aromatic N) is 2. The predicted molar refractivity (Wildman–Crippen MR) is 82.7 cm³/mol. The highest BCUT2D eigenvalue weighted by Gasteiger charge is 2.20. The van der Waals surface area contributed by atoms with E-state index in [0.29, 0.717) is 26.1 Å². The molecule has 0 unspecified atom stereocenters. The van der Waals surface area contributed by atoms with E-state index in [9.17, 15) is 9.59 Å². The van der Waals surface area contributed by atoms with Crippen molar-refractivity contribution in [2.75, 3.05) is 33.3 Å². The van der Waals surface area contributed by atoms with Gasteiger partial charge in [-0.3, -0.25) is 14.5 Å². The van der Waals surface area contributed by atoms with Gasteiger partial charge in [-0.2, -0.15) is 0 Å². The average molecular weight is 296 g/mol. The Morgan fingerprint density at radius 3 is 2.52 bits per heavy atom. The number of hydrogen-bond donors (Lipinski definition) is 0. The molecule has 1 amide bonds. The van der Waals surface area contributed by atoms with Crippen molar-refractivity contribution in [3.05, 3.63) is 11.8 Å². The second-order valence-electron chi connectivity index (χ2n) is 5.27. The Morgan fingerprint density at radius 2 is 2.00 bits per heavy atom. The molecule has 1 aliphatic rings. The van der Waals surface area contributed by atoms with E-state index in [0.717, 1.165) is 31.5 Å². The van der Waals surface area contributed by atoms with Gasteiger partial charge in [-0.05, 0) is 39.2 Å². The van der Waals surface area contributed by atoms with Gasteiger partial charge in [0.2, 0.25) is 5.91 Å². The summed E-state index contributed by atoms with van der Waals surface area (Å²) in [4.78, 5) is 27.6. The van der Waals surface area contributed by atoms with Crippen molar-refractivity contribution in [2.24, 2.45) is 0 Å². The zero-order valence-corrected chi connectivity index (χ0v) is 13.6. The summed E-state index contributed by atoms with van der Waals surface area (Å²) >= 11 is 0. The van der Waals surface area contributed by atoms with E-state index in [-0.39, 0.29) is 11.9 Å². The Kier molecular flexibility index (Phi) is 8.05. The van der Waals surface area contributed by atoms with Crippen LogP contribution in [0.3, 0.4) is 0 Å². The van der Waals surface area contributed by atoms with Crippen LogP contribution in [0.5, 0.6) is 0 Å². The number of amides is 1. The van der Waals surface area contributed by atoms with E-state index in [2.05, 4.69) is 10.8 Å². The van der Waals surface area contributed by atoms with Crippen LogP contribution in [0.25, 0.3) is 0 Å². The second kappa shape index (κ2) is 9.55. The minimum atomic E-state index is -0.233. The molecule has 0 radical (unpaired) electrons. The summed E-state index contributed by atoms with van der Waals surface area (Å²) in [6, 6.07) is 0. The zero-order chi connectivity index (χ0) is 15.7. The van der Waals surface area contributed by atoms with Gasteiger partial charge in [0.15, 0.2) is 0 Å². The highest BCUT2D eigenvalue weighted by Crippen LogP contribution is 2.21. The van der Waals surface area contributed by atoms with E-state index in [1.807, 2.05) is 23.6 Å². The maximum Gasteiger partial charge on any atom is 0.306 e. The van der Waals surface area contributed by atoms with Crippen molar-refractivity contribution >= 4 is 11.9 Å². The Labute approximate surface area is 127 Å². The first-order valence-corrected chi connectivity index (χ1v) is 7.90. The first-order chi connectivity index (χ1) is 10.1. The summed E-state index contributed by atoms with van der Waals surface area (Å²) in [7, 11) is 1.39. The number of carbonyl (C=O) groups excluding carboxylic acids is 2. The summed E-state index contributed by atoms with van der Waals surface area (Å²) in [6.45, 7) is 6.39. The van der Waals surface area contributed by atoms with Crippen molar-refractivity contribution in [3.63, 3.8) is 0 Å². The van der Waals surface area contributed by atoms with Gasteiger partial charge in [0.05, 0.1) is 20.1 Å². The fourth-order valence-electron chi connectivity index (χ4n) is 2.58. The van der Waals surface area contributed by atoms with Crippen molar-refractivity contribution in [1.82, 2.24) is 9.80 Å². The van der Waals surface area contributed by atoms with Crippen LogP contribution in [0.2, 0.25) is 0 Å². The predicted octanol–water partition coefficient (Wildman–Crippen LogP) is 2.18. The summed E-state index contributed by atoms with van der Waals surface area (Å²) < 4.78 is 4.64. The van der Waals surface area contributed by atoms with Crippen LogP contribution in [-0.2, 0) is 14.3 Å². The standard InChI is InChI=1S/C16H28N2O3/c1-4-17(12-11-16(20)21-3)13-15(19)18(5-2)14-9-7-6-8-10-14/h9H,4-8,10-13H2,1-3H3. The molecule has 21 heavy (non-hydrogen) atoms. The van der Waals surface area contributed by atoms with Gasteiger partial charge in [-0.25, -0.2) is 0 Å². The maximum atomic E-state index is 12.5. The Balaban J connectivity index is 2.54. The normalized spacial score (nSPS) is 14.8. The molecule has 5 heteroatoms. The molecular weight excluding hydrogens is 268 g/mol. The van der Waals surface area contributed by atoms with Gasteiger partial charge in [0.25, 0.3) is 0 Å². The van der Waals surface area contributed by atoms with Crippen LogP contribution < -0.4 is 0 Å². The number of ether oxygens (including phenoxy) is 1. The zero-order valence-electron chi connectivity index (χ0n) is 13.6. The van der Waals surface area contributed by atoms with Crippen molar-refractivity contribution < 1.29 is 14.3 Å². The number of rotatable bonds is 8. The second-order valence-corrected chi connectivity index (χ2v) is 5.27. The van der Waals surface area contributed by atoms with Crippen LogP contribution >= 0.6 is 0 Å². The highest BCUT2D eigenvalue weighted by molar-refractivity contribution is 5.80. The quantitative estimate of drug-likeness (QED) is 0.644. The third-order valence-electron chi connectivity index (χ3n) is 3.90. The van der Waals surface area contributed by atoms with Gasteiger partial charge in [0, 0.05) is 18.8 Å². The Morgan fingerprint density at radius 1 is 1.24 bits per heavy atom. The van der Waals surface area contributed by atoms with E-state index in [1.165, 1.54) is 13.5 Å². The first-order valence-electron chi connectivity index (χ1n) is 7.90. The van der Waals surface area contributed by atoms with Crippen LogP contribution in [0, 0.1) is 0 Å². The lowest BCUT2D eigenvalue weighted by Gasteiger charge is -2.29. The summed E-state index contributed by atoms with van der Waals surface area (Å²) in [5, 5.41) is 0. The van der Waals surface area contributed by atoms with Crippen LogP contribution in [0.15, 0.2) is 11.8 Å². The molecule has 0 aromatic rings. The maximum absolute atomic E-state index is 12.5. The molecule has 0 aromatic carbocycles. The first kappa shape index (κ1) is 17.7. The van der Waals surface area contributed by atoms with Gasteiger partial charge in [-0.15, -0.1) is 0 Å². The molecule has 0 saturated carbocycles. The molecule has 0 spiro atoms. The molecule has 120 valence electrons. The molecule has 1 rings (SSSR count). The number of likely N-dealkylation sites (N-methyl/N-ethyl adjacent to an activating group) is 2. The lowest BCUT2D eigenvalue weighted by molar-refractivity contribution is -0.141. The third kappa shape index (κ3) is 5.87. The van der Waals surface area contributed by atoms with Gasteiger partial charge >= 0.3 is 5.97 Å². The van der Waals surface area contributed by atoms with Gasteiger partial charge in [0.1, 0.15) is 0 Å². The van der Waals surface area contributed by atoms with Gasteiger partial charge < -0.3 is 9.64 Å².